The van der Waals surface area contributed by atoms with Crippen molar-refractivity contribution in [1.29, 1.82) is 0 Å². The summed E-state index contributed by atoms with van der Waals surface area (Å²) in [5.41, 5.74) is 3.12. The summed E-state index contributed by atoms with van der Waals surface area (Å²) in [4.78, 5) is 21.8. The van der Waals surface area contributed by atoms with Crippen LogP contribution in [-0.2, 0) is 10.0 Å². The van der Waals surface area contributed by atoms with Gasteiger partial charge in [0, 0.05) is 43.5 Å². The molecule has 0 spiro atoms. The van der Waals surface area contributed by atoms with E-state index in [9.17, 15) is 17.6 Å². The number of nitrogens with zero attached hydrogens (tertiary/aromatic N) is 4. The molecule has 10 heteroatoms. The number of benzene rings is 1. The van der Waals surface area contributed by atoms with Crippen LogP contribution in [0.25, 0.3) is 16.6 Å². The van der Waals surface area contributed by atoms with Gasteiger partial charge >= 0.3 is 0 Å². The largest absolute Gasteiger partial charge is 0.339 e. The molecule has 2 fully saturated rings. The van der Waals surface area contributed by atoms with E-state index in [-0.39, 0.29) is 18.0 Å². The lowest BCUT2D eigenvalue weighted by Crippen LogP contribution is -2.48. The second-order valence-corrected chi connectivity index (χ2v) is 13.3. The highest BCUT2D eigenvalue weighted by Crippen LogP contribution is 2.37. The molecule has 2 aromatic heterocycles. The van der Waals surface area contributed by atoms with E-state index in [2.05, 4.69) is 20.8 Å². The Balaban J connectivity index is 1.34. The van der Waals surface area contributed by atoms with Gasteiger partial charge in [-0.15, -0.1) is 0 Å². The summed E-state index contributed by atoms with van der Waals surface area (Å²) in [6.45, 7) is 6.86. The van der Waals surface area contributed by atoms with Crippen molar-refractivity contribution in [2.75, 3.05) is 32.9 Å². The van der Waals surface area contributed by atoms with Crippen LogP contribution in [0.15, 0.2) is 42.9 Å². The Morgan fingerprint density at radius 3 is 2.59 bits per heavy atom. The molecule has 1 saturated carbocycles. The van der Waals surface area contributed by atoms with Crippen molar-refractivity contribution >= 4 is 26.8 Å². The van der Waals surface area contributed by atoms with Gasteiger partial charge in [-0.1, -0.05) is 0 Å². The zero-order valence-corrected chi connectivity index (χ0v) is 23.9. The summed E-state index contributed by atoms with van der Waals surface area (Å²) in [5.74, 6) is 0.245. The van der Waals surface area contributed by atoms with Gasteiger partial charge in [-0.05, 0) is 94.3 Å². The van der Waals surface area contributed by atoms with E-state index in [4.69, 9.17) is 0 Å². The summed E-state index contributed by atoms with van der Waals surface area (Å²) in [6.07, 6.45) is 10.8. The zero-order chi connectivity index (χ0) is 27.9. The first-order chi connectivity index (χ1) is 18.5. The molecule has 1 amide bonds. The molecule has 1 N–H and O–H groups in total. The third-order valence-electron chi connectivity index (χ3n) is 8.34. The fourth-order valence-corrected chi connectivity index (χ4v) is 6.81. The first kappa shape index (κ1) is 27.7. The molecule has 39 heavy (non-hydrogen) atoms. The number of carbonyl (C=O) groups is 1. The number of fused-ring (bicyclic) bond motifs is 1. The quantitative estimate of drug-likeness (QED) is 0.451. The molecular weight excluding hydrogens is 517 g/mol. The number of halogens is 1. The number of nitrogens with one attached hydrogen (secondary N) is 1. The number of pyridine rings is 1. The maximum atomic E-state index is 14.3. The summed E-state index contributed by atoms with van der Waals surface area (Å²) in [7, 11) is -1.40. The molecule has 1 aromatic carbocycles. The van der Waals surface area contributed by atoms with Crippen molar-refractivity contribution < 1.29 is 17.6 Å². The number of likely N-dealkylation sites (tertiary alicyclic amines) is 1. The molecule has 2 aliphatic rings. The lowest BCUT2D eigenvalue weighted by atomic mass is 9.80. The number of hydrogen-bond donors (Lipinski definition) is 1. The normalized spacial score (nSPS) is 20.9. The van der Waals surface area contributed by atoms with Crippen molar-refractivity contribution in [3.8, 4) is 5.69 Å². The summed E-state index contributed by atoms with van der Waals surface area (Å²) in [6, 6.07) is 6.50. The van der Waals surface area contributed by atoms with E-state index in [0.29, 0.717) is 23.1 Å². The smallest absolute Gasteiger partial charge is 0.256 e. The van der Waals surface area contributed by atoms with Crippen molar-refractivity contribution in [3.05, 3.63) is 59.8 Å². The van der Waals surface area contributed by atoms with Gasteiger partial charge in [0.25, 0.3) is 5.91 Å². The number of carbonyl (C=O) groups excluding carboxylic acids is 1. The van der Waals surface area contributed by atoms with Gasteiger partial charge in [0.2, 0.25) is 10.0 Å². The molecule has 0 radical (unpaired) electrons. The van der Waals surface area contributed by atoms with Crippen molar-refractivity contribution in [1.82, 2.24) is 24.1 Å². The number of aromatic nitrogens is 2. The van der Waals surface area contributed by atoms with Gasteiger partial charge < -0.3 is 14.4 Å². The second kappa shape index (κ2) is 11.0. The average molecular weight is 556 g/mol. The maximum absolute atomic E-state index is 14.3. The Labute approximate surface area is 230 Å². The van der Waals surface area contributed by atoms with Crippen molar-refractivity contribution in [2.45, 2.75) is 57.5 Å². The third-order valence-corrected chi connectivity index (χ3v) is 9.10. The van der Waals surface area contributed by atoms with Crippen LogP contribution >= 0.6 is 0 Å². The highest BCUT2D eigenvalue weighted by atomic mass is 32.2. The molecule has 1 aliphatic heterocycles. The van der Waals surface area contributed by atoms with Gasteiger partial charge in [-0.2, -0.15) is 0 Å². The highest BCUT2D eigenvalue weighted by molar-refractivity contribution is 7.88. The predicted octanol–water partition coefficient (Wildman–Crippen LogP) is 4.15. The van der Waals surface area contributed by atoms with Crippen molar-refractivity contribution in [2.24, 2.45) is 5.92 Å². The SMILES string of the molecule is CC(C)N(C)C(=O)c1cc(F)ccc1-n1cc(C2CCN(CC3CC(NS(C)(=O)=O)C3)CC2)c2ccncc21. The summed E-state index contributed by atoms with van der Waals surface area (Å²) >= 11 is 0. The van der Waals surface area contributed by atoms with Crippen LogP contribution in [0.5, 0.6) is 0 Å². The number of rotatable bonds is 8. The molecule has 3 heterocycles. The molecule has 210 valence electrons. The minimum atomic E-state index is -3.14. The van der Waals surface area contributed by atoms with E-state index in [1.807, 2.05) is 30.7 Å². The molecular formula is C29H38FN5O3S. The molecule has 0 bridgehead atoms. The zero-order valence-electron chi connectivity index (χ0n) is 23.1. The van der Waals surface area contributed by atoms with Crippen LogP contribution in [0.3, 0.4) is 0 Å². The minimum Gasteiger partial charge on any atom is -0.339 e. The molecule has 0 atom stereocenters. The van der Waals surface area contributed by atoms with E-state index in [0.717, 1.165) is 56.2 Å². The van der Waals surface area contributed by atoms with Crippen LogP contribution < -0.4 is 4.72 Å². The molecule has 3 aromatic rings. The maximum Gasteiger partial charge on any atom is 0.256 e. The van der Waals surface area contributed by atoms with Crippen LogP contribution in [0.2, 0.25) is 0 Å². The molecule has 1 aliphatic carbocycles. The monoisotopic (exact) mass is 555 g/mol. The molecule has 0 unspecified atom stereocenters. The summed E-state index contributed by atoms with van der Waals surface area (Å²) in [5, 5.41) is 1.11. The summed E-state index contributed by atoms with van der Waals surface area (Å²) < 4.78 is 41.9. The Morgan fingerprint density at radius 1 is 1.21 bits per heavy atom. The van der Waals surface area contributed by atoms with E-state index >= 15 is 0 Å². The fraction of sp³-hybridized carbons (Fsp3) is 0.517. The first-order valence-electron chi connectivity index (χ1n) is 13.7. The lowest BCUT2D eigenvalue weighted by Gasteiger charge is -2.40. The van der Waals surface area contributed by atoms with E-state index in [1.165, 1.54) is 24.0 Å². The van der Waals surface area contributed by atoms with Gasteiger partial charge in [0.05, 0.1) is 29.2 Å². The third kappa shape index (κ3) is 6.02. The van der Waals surface area contributed by atoms with Crippen LogP contribution in [0.4, 0.5) is 4.39 Å². The van der Waals surface area contributed by atoms with E-state index in [1.54, 1.807) is 24.2 Å². The number of hydrogen-bond acceptors (Lipinski definition) is 5. The molecule has 1 saturated heterocycles. The van der Waals surface area contributed by atoms with Gasteiger partial charge in [-0.25, -0.2) is 17.5 Å². The Morgan fingerprint density at radius 2 is 1.92 bits per heavy atom. The van der Waals surface area contributed by atoms with E-state index < -0.39 is 15.8 Å². The minimum absolute atomic E-state index is 0.0146. The molecule has 5 rings (SSSR count). The Kier molecular flexibility index (Phi) is 7.81. The van der Waals surface area contributed by atoms with Crippen molar-refractivity contribution in [3.63, 3.8) is 0 Å². The Bertz CT molecular complexity index is 1460. The Hall–Kier alpha value is -2.82. The highest BCUT2D eigenvalue weighted by Gasteiger charge is 2.33. The van der Waals surface area contributed by atoms with Crippen LogP contribution in [0, 0.1) is 11.7 Å². The van der Waals surface area contributed by atoms with Crippen LogP contribution in [0.1, 0.15) is 61.4 Å². The number of amides is 1. The predicted molar refractivity (Wildman–Crippen MR) is 151 cm³/mol. The lowest BCUT2D eigenvalue weighted by molar-refractivity contribution is 0.0754. The molecule has 8 nitrogen and oxygen atoms in total. The van der Waals surface area contributed by atoms with Gasteiger partial charge in [0.1, 0.15) is 5.82 Å². The van der Waals surface area contributed by atoms with Crippen LogP contribution in [-0.4, -0.2) is 78.7 Å². The fourth-order valence-electron chi connectivity index (χ4n) is 6.01. The number of sulfonamides is 1. The standard InChI is InChI=1S/C29H38FN5O3S/c1-19(2)33(3)29(36)25-15-22(30)5-6-27(25)35-18-26(24-7-10-31-16-28(24)35)21-8-11-34(12-9-21)17-20-13-23(14-20)32-39(4,37)38/h5-7,10,15-16,18-21,23,32H,8-9,11-14,17H2,1-4H3. The second-order valence-electron chi connectivity index (χ2n) is 11.5. The average Bonchev–Trinajstić information content (AvgIpc) is 3.25. The topological polar surface area (TPSA) is 87.5 Å². The number of piperidine rings is 1. The van der Waals surface area contributed by atoms with Gasteiger partial charge in [0.15, 0.2) is 0 Å². The van der Waals surface area contributed by atoms with Gasteiger partial charge in [-0.3, -0.25) is 9.78 Å². The first-order valence-corrected chi connectivity index (χ1v) is 15.6.